The third kappa shape index (κ3) is 3.70. The van der Waals surface area contributed by atoms with Gasteiger partial charge in [0.2, 0.25) is 0 Å². The lowest BCUT2D eigenvalue weighted by Gasteiger charge is -2.19. The molecule has 4 heteroatoms. The van der Waals surface area contributed by atoms with Crippen molar-refractivity contribution in [1.82, 2.24) is 0 Å². The molecule has 0 atom stereocenters. The maximum atomic E-state index is 12.3. The van der Waals surface area contributed by atoms with Crippen molar-refractivity contribution in [3.63, 3.8) is 0 Å². The van der Waals surface area contributed by atoms with Crippen LogP contribution in [0.5, 0.6) is 5.75 Å². The minimum Gasteiger partial charge on any atom is -0.434 e. The molecule has 0 aromatic heterocycles. The highest BCUT2D eigenvalue weighted by Crippen LogP contribution is 2.29. The van der Waals surface area contributed by atoms with Crippen molar-refractivity contribution in [2.45, 2.75) is 32.8 Å². The van der Waals surface area contributed by atoms with Gasteiger partial charge in [-0.3, -0.25) is 4.79 Å². The number of aldehydes is 1. The van der Waals surface area contributed by atoms with Crippen LogP contribution in [-0.4, -0.2) is 12.9 Å². The highest BCUT2D eigenvalue weighted by molar-refractivity contribution is 5.83. The summed E-state index contributed by atoms with van der Waals surface area (Å²) in [7, 11) is 0. The molecule has 0 amide bonds. The molecule has 0 heterocycles. The quantitative estimate of drug-likeness (QED) is 0.738. The Morgan fingerprint density at radius 3 is 2.09 bits per heavy atom. The summed E-state index contributed by atoms with van der Waals surface area (Å²) in [5, 5.41) is 0. The Hall–Kier alpha value is -2.23. The molecule has 0 radical (unpaired) electrons. The average molecular weight is 304 g/mol. The van der Waals surface area contributed by atoms with Crippen molar-refractivity contribution in [2.24, 2.45) is 0 Å². The molecule has 0 aliphatic carbocycles. The van der Waals surface area contributed by atoms with E-state index < -0.39 is 6.61 Å². The Morgan fingerprint density at radius 1 is 1.00 bits per heavy atom. The van der Waals surface area contributed by atoms with Gasteiger partial charge in [0.1, 0.15) is 5.75 Å². The number of benzene rings is 2. The minimum atomic E-state index is -2.95. The van der Waals surface area contributed by atoms with Gasteiger partial charge in [-0.25, -0.2) is 0 Å². The molecule has 2 nitrogen and oxygen atoms in total. The predicted molar refractivity (Wildman–Crippen MR) is 82.6 cm³/mol. The number of rotatable bonds is 4. The van der Waals surface area contributed by atoms with Crippen LogP contribution in [0.3, 0.4) is 0 Å². The first-order chi connectivity index (χ1) is 10.3. The van der Waals surface area contributed by atoms with Crippen LogP contribution < -0.4 is 4.74 Å². The monoisotopic (exact) mass is 304 g/mol. The standard InChI is InChI=1S/C18H18F2O2/c1-18(2,3)15-7-4-12(5-8-15)13-6-9-16(22-17(19)20)14(10-13)11-21/h4-11,17H,1-3H3. The summed E-state index contributed by atoms with van der Waals surface area (Å²) in [6.07, 6.45) is 0.519. The Labute approximate surface area is 128 Å². The fraction of sp³-hybridized carbons (Fsp3) is 0.278. The van der Waals surface area contributed by atoms with Gasteiger partial charge in [-0.05, 0) is 34.2 Å². The number of hydrogen-bond donors (Lipinski definition) is 0. The molecular formula is C18H18F2O2. The largest absolute Gasteiger partial charge is 0.434 e. The maximum absolute atomic E-state index is 12.3. The van der Waals surface area contributed by atoms with E-state index in [1.165, 1.54) is 11.6 Å². The second-order valence-corrected chi connectivity index (χ2v) is 6.08. The summed E-state index contributed by atoms with van der Waals surface area (Å²) in [5.41, 5.74) is 3.06. The van der Waals surface area contributed by atoms with E-state index in [0.29, 0.717) is 6.29 Å². The van der Waals surface area contributed by atoms with E-state index in [1.54, 1.807) is 12.1 Å². The van der Waals surface area contributed by atoms with Crippen LogP contribution in [0.1, 0.15) is 36.7 Å². The van der Waals surface area contributed by atoms with Crippen LogP contribution in [0.4, 0.5) is 8.78 Å². The van der Waals surface area contributed by atoms with Gasteiger partial charge in [0.15, 0.2) is 6.29 Å². The molecule has 2 rings (SSSR count). The number of halogens is 2. The van der Waals surface area contributed by atoms with Crippen molar-refractivity contribution in [3.8, 4) is 16.9 Å². The lowest BCUT2D eigenvalue weighted by molar-refractivity contribution is -0.0500. The number of carbonyl (C=O) groups is 1. The first kappa shape index (κ1) is 16.1. The van der Waals surface area contributed by atoms with Crippen molar-refractivity contribution < 1.29 is 18.3 Å². The van der Waals surface area contributed by atoms with Crippen LogP contribution in [0.2, 0.25) is 0 Å². The van der Waals surface area contributed by atoms with Crippen LogP contribution >= 0.6 is 0 Å². The zero-order valence-electron chi connectivity index (χ0n) is 12.8. The lowest BCUT2D eigenvalue weighted by Crippen LogP contribution is -2.10. The number of alkyl halides is 2. The summed E-state index contributed by atoms with van der Waals surface area (Å²) in [6.45, 7) is 3.44. The summed E-state index contributed by atoms with van der Waals surface area (Å²) in [6, 6.07) is 12.6. The van der Waals surface area contributed by atoms with Gasteiger partial charge in [0.25, 0.3) is 0 Å². The maximum Gasteiger partial charge on any atom is 0.387 e. The van der Waals surface area contributed by atoms with Crippen molar-refractivity contribution in [2.75, 3.05) is 0 Å². The molecule has 2 aromatic rings. The third-order valence-electron chi connectivity index (χ3n) is 3.44. The highest BCUT2D eigenvalue weighted by Gasteiger charge is 2.14. The predicted octanol–water partition coefficient (Wildman–Crippen LogP) is 5.07. The van der Waals surface area contributed by atoms with E-state index in [-0.39, 0.29) is 16.7 Å². The molecule has 0 aliphatic rings. The van der Waals surface area contributed by atoms with E-state index in [4.69, 9.17) is 0 Å². The van der Waals surface area contributed by atoms with Crippen LogP contribution in [0, 0.1) is 0 Å². The molecule has 0 saturated heterocycles. The van der Waals surface area contributed by atoms with Gasteiger partial charge in [-0.2, -0.15) is 8.78 Å². The molecule has 0 saturated carbocycles. The fourth-order valence-electron chi connectivity index (χ4n) is 2.19. The summed E-state index contributed by atoms with van der Waals surface area (Å²) in [4.78, 5) is 11.1. The van der Waals surface area contributed by atoms with Gasteiger partial charge in [0.05, 0.1) is 5.56 Å². The van der Waals surface area contributed by atoms with Crippen molar-refractivity contribution >= 4 is 6.29 Å². The van der Waals surface area contributed by atoms with E-state index in [2.05, 4.69) is 25.5 Å². The minimum absolute atomic E-state index is 0.0570. The zero-order chi connectivity index (χ0) is 16.3. The topological polar surface area (TPSA) is 26.3 Å². The second kappa shape index (κ2) is 6.26. The number of carbonyl (C=O) groups excluding carboxylic acids is 1. The van der Waals surface area contributed by atoms with Crippen molar-refractivity contribution in [3.05, 3.63) is 53.6 Å². The second-order valence-electron chi connectivity index (χ2n) is 6.08. The van der Waals surface area contributed by atoms with Crippen LogP contribution in [-0.2, 0) is 5.41 Å². The Morgan fingerprint density at radius 2 is 1.59 bits per heavy atom. The summed E-state index contributed by atoms with van der Waals surface area (Å²) < 4.78 is 28.9. The molecular weight excluding hydrogens is 286 g/mol. The lowest BCUT2D eigenvalue weighted by atomic mass is 9.86. The molecule has 0 unspecified atom stereocenters. The fourth-order valence-corrected chi connectivity index (χ4v) is 2.19. The highest BCUT2D eigenvalue weighted by atomic mass is 19.3. The molecule has 0 spiro atoms. The average Bonchev–Trinajstić information content (AvgIpc) is 2.46. The van der Waals surface area contributed by atoms with Crippen molar-refractivity contribution in [1.29, 1.82) is 0 Å². The smallest absolute Gasteiger partial charge is 0.387 e. The van der Waals surface area contributed by atoms with Crippen LogP contribution in [0.25, 0.3) is 11.1 Å². The first-order valence-corrected chi connectivity index (χ1v) is 6.96. The molecule has 0 bridgehead atoms. The van der Waals surface area contributed by atoms with E-state index >= 15 is 0 Å². The SMILES string of the molecule is CC(C)(C)c1ccc(-c2ccc(OC(F)F)c(C=O)c2)cc1. The molecule has 2 aromatic carbocycles. The van der Waals surface area contributed by atoms with Gasteiger partial charge in [-0.1, -0.05) is 51.1 Å². The molecule has 116 valence electrons. The Balaban J connectivity index is 2.35. The van der Waals surface area contributed by atoms with Gasteiger partial charge >= 0.3 is 6.61 Å². The Bertz CT molecular complexity index is 656. The van der Waals surface area contributed by atoms with Gasteiger partial charge < -0.3 is 4.74 Å². The third-order valence-corrected chi connectivity index (χ3v) is 3.44. The number of hydrogen-bond acceptors (Lipinski definition) is 2. The first-order valence-electron chi connectivity index (χ1n) is 6.96. The molecule has 0 aliphatic heterocycles. The molecule has 22 heavy (non-hydrogen) atoms. The Kier molecular flexibility index (Phi) is 4.59. The summed E-state index contributed by atoms with van der Waals surface area (Å²) >= 11 is 0. The summed E-state index contributed by atoms with van der Waals surface area (Å²) in [5.74, 6) is -0.111. The van der Waals surface area contributed by atoms with Gasteiger partial charge in [0, 0.05) is 0 Å². The van der Waals surface area contributed by atoms with Gasteiger partial charge in [-0.15, -0.1) is 0 Å². The molecule has 0 N–H and O–H groups in total. The number of ether oxygens (including phenoxy) is 1. The normalized spacial score (nSPS) is 11.5. The van der Waals surface area contributed by atoms with E-state index in [9.17, 15) is 13.6 Å². The van der Waals surface area contributed by atoms with E-state index in [0.717, 1.165) is 11.1 Å². The van der Waals surface area contributed by atoms with Crippen LogP contribution in [0.15, 0.2) is 42.5 Å². The molecule has 0 fully saturated rings. The van der Waals surface area contributed by atoms with E-state index in [1.807, 2.05) is 24.3 Å². The zero-order valence-corrected chi connectivity index (χ0v) is 12.8.